The number of halogens is 1. The number of nitriles is 1. The molecule has 0 radical (unpaired) electrons. The molecule has 5 nitrogen and oxygen atoms in total. The molecule has 24 heavy (non-hydrogen) atoms. The summed E-state index contributed by atoms with van der Waals surface area (Å²) < 4.78 is 16.7. The van der Waals surface area contributed by atoms with Crippen molar-refractivity contribution in [2.45, 2.75) is 19.6 Å². The topological polar surface area (TPSA) is 68.5 Å². The standard InChI is InChI=1S/C18H16BrNO4/c1-12(10-20)24-18(21)14-8-15(19)17(16(9-14)22-2)23-11-13-6-4-3-5-7-13/h3-9,12H,11H2,1-2H3/t12-/m0/s1. The van der Waals surface area contributed by atoms with Crippen molar-refractivity contribution in [3.8, 4) is 17.6 Å². The highest BCUT2D eigenvalue weighted by Crippen LogP contribution is 2.37. The largest absolute Gasteiger partial charge is 0.493 e. The number of carbonyl (C=O) groups excluding carboxylic acids is 1. The molecule has 2 aromatic carbocycles. The highest BCUT2D eigenvalue weighted by atomic mass is 79.9. The zero-order chi connectivity index (χ0) is 17.5. The first kappa shape index (κ1) is 17.8. The van der Waals surface area contributed by atoms with Gasteiger partial charge in [0.2, 0.25) is 0 Å². The molecule has 0 fully saturated rings. The number of carbonyl (C=O) groups is 1. The summed E-state index contributed by atoms with van der Waals surface area (Å²) in [5.74, 6) is 0.292. The lowest BCUT2D eigenvalue weighted by molar-refractivity contribution is 0.0435. The number of hydrogen-bond donors (Lipinski definition) is 0. The second-order valence-corrected chi connectivity index (χ2v) is 5.79. The van der Waals surface area contributed by atoms with Crippen molar-refractivity contribution in [2.75, 3.05) is 7.11 Å². The van der Waals surface area contributed by atoms with E-state index >= 15 is 0 Å². The average molecular weight is 390 g/mol. The summed E-state index contributed by atoms with van der Waals surface area (Å²) in [6.45, 7) is 1.87. The van der Waals surface area contributed by atoms with Gasteiger partial charge in [0, 0.05) is 0 Å². The van der Waals surface area contributed by atoms with Crippen LogP contribution in [0.4, 0.5) is 0 Å². The molecular weight excluding hydrogens is 374 g/mol. The predicted octanol–water partition coefficient (Wildman–Crippen LogP) is 4.11. The lowest BCUT2D eigenvalue weighted by Crippen LogP contribution is -2.13. The number of rotatable bonds is 6. The van der Waals surface area contributed by atoms with Crippen molar-refractivity contribution in [1.82, 2.24) is 0 Å². The number of methoxy groups -OCH3 is 1. The van der Waals surface area contributed by atoms with E-state index in [-0.39, 0.29) is 5.56 Å². The Bertz CT molecular complexity index is 756. The average Bonchev–Trinajstić information content (AvgIpc) is 2.60. The van der Waals surface area contributed by atoms with Gasteiger partial charge in [-0.1, -0.05) is 30.3 Å². The Morgan fingerprint density at radius 2 is 2.00 bits per heavy atom. The maximum absolute atomic E-state index is 12.0. The van der Waals surface area contributed by atoms with Gasteiger partial charge in [0.1, 0.15) is 12.7 Å². The zero-order valence-corrected chi connectivity index (χ0v) is 14.9. The van der Waals surface area contributed by atoms with Crippen molar-refractivity contribution < 1.29 is 19.0 Å². The Balaban J connectivity index is 2.21. The molecule has 124 valence electrons. The maximum Gasteiger partial charge on any atom is 0.339 e. The van der Waals surface area contributed by atoms with Gasteiger partial charge >= 0.3 is 5.97 Å². The van der Waals surface area contributed by atoms with Crippen LogP contribution in [0.1, 0.15) is 22.8 Å². The second kappa shape index (κ2) is 8.37. The van der Waals surface area contributed by atoms with E-state index in [1.54, 1.807) is 6.07 Å². The molecule has 0 aromatic heterocycles. The molecule has 0 heterocycles. The summed E-state index contributed by atoms with van der Waals surface area (Å²) in [5, 5.41) is 8.73. The number of nitrogens with zero attached hydrogens (tertiary/aromatic N) is 1. The Hall–Kier alpha value is -2.52. The van der Waals surface area contributed by atoms with Crippen molar-refractivity contribution in [3.05, 3.63) is 58.1 Å². The fourth-order valence-corrected chi connectivity index (χ4v) is 2.52. The first-order chi connectivity index (χ1) is 11.5. The van der Waals surface area contributed by atoms with E-state index < -0.39 is 12.1 Å². The van der Waals surface area contributed by atoms with Crippen molar-refractivity contribution in [3.63, 3.8) is 0 Å². The van der Waals surface area contributed by atoms with E-state index in [9.17, 15) is 4.79 Å². The van der Waals surface area contributed by atoms with Crippen LogP contribution < -0.4 is 9.47 Å². The van der Waals surface area contributed by atoms with Gasteiger partial charge in [-0.2, -0.15) is 5.26 Å². The third-order valence-electron chi connectivity index (χ3n) is 3.16. The summed E-state index contributed by atoms with van der Waals surface area (Å²) in [6.07, 6.45) is -0.823. The number of ether oxygens (including phenoxy) is 3. The molecule has 0 aliphatic heterocycles. The summed E-state index contributed by atoms with van der Waals surface area (Å²) in [7, 11) is 1.49. The van der Waals surface area contributed by atoms with Crippen LogP contribution in [0.5, 0.6) is 11.5 Å². The normalized spacial score (nSPS) is 11.2. The highest BCUT2D eigenvalue weighted by Gasteiger charge is 2.18. The van der Waals surface area contributed by atoms with Crippen molar-refractivity contribution >= 4 is 21.9 Å². The third kappa shape index (κ3) is 4.49. The predicted molar refractivity (Wildman–Crippen MR) is 92.0 cm³/mol. The summed E-state index contributed by atoms with van der Waals surface area (Å²) in [4.78, 5) is 12.0. The van der Waals surface area contributed by atoms with Gasteiger partial charge in [-0.15, -0.1) is 0 Å². The molecule has 0 saturated carbocycles. The molecule has 0 saturated heterocycles. The fraction of sp³-hybridized carbons (Fsp3) is 0.222. The lowest BCUT2D eigenvalue weighted by Gasteiger charge is -2.14. The Kier molecular flexibility index (Phi) is 6.21. The molecule has 0 spiro atoms. The van der Waals surface area contributed by atoms with Crippen LogP contribution in [-0.2, 0) is 11.3 Å². The van der Waals surface area contributed by atoms with E-state index in [1.807, 2.05) is 36.4 Å². The van der Waals surface area contributed by atoms with Gasteiger partial charge < -0.3 is 14.2 Å². The Morgan fingerprint density at radius 1 is 1.29 bits per heavy atom. The van der Waals surface area contributed by atoms with Gasteiger partial charge in [0.15, 0.2) is 17.6 Å². The first-order valence-corrected chi connectivity index (χ1v) is 7.99. The van der Waals surface area contributed by atoms with Gasteiger partial charge in [-0.3, -0.25) is 0 Å². The molecule has 1 atom stereocenters. The Labute approximate surface area is 148 Å². The summed E-state index contributed by atoms with van der Waals surface area (Å²) >= 11 is 3.39. The summed E-state index contributed by atoms with van der Waals surface area (Å²) in [5.41, 5.74) is 1.28. The van der Waals surface area contributed by atoms with Gasteiger partial charge in [0.05, 0.1) is 17.1 Å². The molecule has 0 aliphatic carbocycles. The van der Waals surface area contributed by atoms with E-state index in [0.29, 0.717) is 22.6 Å². The minimum Gasteiger partial charge on any atom is -0.493 e. The first-order valence-electron chi connectivity index (χ1n) is 7.20. The Morgan fingerprint density at radius 3 is 2.62 bits per heavy atom. The molecule has 0 bridgehead atoms. The van der Waals surface area contributed by atoms with E-state index in [0.717, 1.165) is 5.56 Å². The van der Waals surface area contributed by atoms with E-state index in [1.165, 1.54) is 20.1 Å². The monoisotopic (exact) mass is 389 g/mol. The number of esters is 1. The fourth-order valence-electron chi connectivity index (χ4n) is 1.96. The van der Waals surface area contributed by atoms with Crippen LogP contribution >= 0.6 is 15.9 Å². The second-order valence-electron chi connectivity index (χ2n) is 4.94. The molecular formula is C18H16BrNO4. The SMILES string of the molecule is COc1cc(C(=O)O[C@@H](C)C#N)cc(Br)c1OCc1ccccc1. The van der Waals surface area contributed by atoms with Crippen LogP contribution in [0.3, 0.4) is 0 Å². The molecule has 0 aliphatic rings. The zero-order valence-electron chi connectivity index (χ0n) is 13.3. The van der Waals surface area contributed by atoms with E-state index in [2.05, 4.69) is 15.9 Å². The molecule has 0 unspecified atom stereocenters. The van der Waals surface area contributed by atoms with E-state index in [4.69, 9.17) is 19.5 Å². The summed E-state index contributed by atoms with van der Waals surface area (Å²) in [6, 6.07) is 14.7. The van der Waals surface area contributed by atoms with Crippen molar-refractivity contribution in [2.24, 2.45) is 0 Å². The van der Waals surface area contributed by atoms with Crippen LogP contribution in [0.25, 0.3) is 0 Å². The van der Waals surface area contributed by atoms with Crippen LogP contribution in [0.15, 0.2) is 46.9 Å². The quantitative estimate of drug-likeness (QED) is 0.695. The highest BCUT2D eigenvalue weighted by molar-refractivity contribution is 9.10. The van der Waals surface area contributed by atoms with Gasteiger partial charge in [-0.05, 0) is 40.5 Å². The van der Waals surface area contributed by atoms with Crippen LogP contribution in [0.2, 0.25) is 0 Å². The molecule has 2 aromatic rings. The number of benzene rings is 2. The van der Waals surface area contributed by atoms with Gasteiger partial charge in [-0.25, -0.2) is 4.79 Å². The maximum atomic E-state index is 12.0. The van der Waals surface area contributed by atoms with Crippen LogP contribution in [0, 0.1) is 11.3 Å². The van der Waals surface area contributed by atoms with Gasteiger partial charge in [0.25, 0.3) is 0 Å². The smallest absolute Gasteiger partial charge is 0.339 e. The molecule has 0 amide bonds. The molecule has 2 rings (SSSR count). The van der Waals surface area contributed by atoms with Crippen molar-refractivity contribution in [1.29, 1.82) is 5.26 Å². The minimum absolute atomic E-state index is 0.271. The molecule has 0 N–H and O–H groups in total. The van der Waals surface area contributed by atoms with Crippen LogP contribution in [-0.4, -0.2) is 19.2 Å². The lowest BCUT2D eigenvalue weighted by atomic mass is 10.2. The molecule has 6 heteroatoms. The number of hydrogen-bond acceptors (Lipinski definition) is 5. The third-order valence-corrected chi connectivity index (χ3v) is 3.75. The minimum atomic E-state index is -0.823.